The minimum Gasteiger partial charge on any atom is -0.325 e. The minimum atomic E-state index is -0.00788. The van der Waals surface area contributed by atoms with Gasteiger partial charge in [0.15, 0.2) is 0 Å². The van der Waals surface area contributed by atoms with Gasteiger partial charge >= 0.3 is 0 Å². The van der Waals surface area contributed by atoms with Crippen molar-refractivity contribution in [3.63, 3.8) is 0 Å². The first-order chi connectivity index (χ1) is 13.1. The molecule has 0 aromatic heterocycles. The average molecular weight is 381 g/mol. The Kier molecular flexibility index (Phi) is 5.33. The predicted octanol–water partition coefficient (Wildman–Crippen LogP) is 5.09. The Labute approximate surface area is 166 Å². The summed E-state index contributed by atoms with van der Waals surface area (Å²) in [5.74, 6) is 0.356. The van der Waals surface area contributed by atoms with E-state index in [0.717, 1.165) is 32.4 Å². The first-order valence-corrected chi connectivity index (χ1v) is 10.0. The van der Waals surface area contributed by atoms with Crippen molar-refractivity contribution in [3.05, 3.63) is 70.8 Å². The Morgan fingerprint density at radius 1 is 1.07 bits per heavy atom. The molecule has 4 heteroatoms. The van der Waals surface area contributed by atoms with E-state index in [4.69, 9.17) is 11.6 Å². The van der Waals surface area contributed by atoms with Crippen molar-refractivity contribution in [3.8, 4) is 0 Å². The zero-order valence-corrected chi connectivity index (χ0v) is 16.4. The number of para-hydroxylation sites is 1. The van der Waals surface area contributed by atoms with Crippen molar-refractivity contribution in [1.29, 1.82) is 0 Å². The first kappa shape index (κ1) is 18.3. The van der Waals surface area contributed by atoms with Crippen LogP contribution in [0.2, 0.25) is 5.02 Å². The molecule has 4 rings (SSSR count). The number of halogens is 1. The highest BCUT2D eigenvalue weighted by atomic mass is 35.5. The molecule has 2 aliphatic rings. The van der Waals surface area contributed by atoms with Gasteiger partial charge in [-0.05, 0) is 49.6 Å². The highest BCUT2D eigenvalue weighted by molar-refractivity contribution is 6.33. The molecule has 1 aliphatic heterocycles. The van der Waals surface area contributed by atoms with Gasteiger partial charge in [-0.2, -0.15) is 0 Å². The largest absolute Gasteiger partial charge is 0.325 e. The number of nitrogens with one attached hydrogen (secondary N) is 1. The Morgan fingerprint density at radius 2 is 1.81 bits per heavy atom. The monoisotopic (exact) mass is 380 g/mol. The number of carbonyl (C=O) groups is 1. The van der Waals surface area contributed by atoms with Crippen LogP contribution in [0, 0.1) is 11.8 Å². The first-order valence-electron chi connectivity index (χ1n) is 9.65. The number of fused-ring (bicyclic) bond motifs is 1. The van der Waals surface area contributed by atoms with Crippen LogP contribution in [0.15, 0.2) is 60.2 Å². The number of anilines is 1. The number of nitrogens with zero attached hydrogens (tertiary/aromatic N) is 1. The fourth-order valence-electron chi connectivity index (χ4n) is 4.51. The van der Waals surface area contributed by atoms with E-state index in [1.165, 1.54) is 16.7 Å². The van der Waals surface area contributed by atoms with Crippen molar-refractivity contribution in [2.75, 3.05) is 25.5 Å². The summed E-state index contributed by atoms with van der Waals surface area (Å²) in [5.41, 5.74) is 4.94. The summed E-state index contributed by atoms with van der Waals surface area (Å²) < 4.78 is 0. The second-order valence-electron chi connectivity index (χ2n) is 7.60. The van der Waals surface area contributed by atoms with Crippen molar-refractivity contribution in [1.82, 2.24) is 4.90 Å². The molecule has 0 saturated carbocycles. The van der Waals surface area contributed by atoms with Gasteiger partial charge in [-0.3, -0.25) is 4.79 Å². The average Bonchev–Trinajstić information content (AvgIpc) is 2.69. The number of amides is 1. The lowest BCUT2D eigenvalue weighted by Crippen LogP contribution is -2.43. The number of hydrogen-bond acceptors (Lipinski definition) is 2. The zero-order valence-electron chi connectivity index (χ0n) is 15.6. The predicted molar refractivity (Wildman–Crippen MR) is 112 cm³/mol. The maximum absolute atomic E-state index is 13.1. The third-order valence-electron chi connectivity index (χ3n) is 5.89. The molecule has 2 aromatic carbocycles. The molecule has 1 amide bonds. The third kappa shape index (κ3) is 3.80. The number of likely N-dealkylation sites (tertiary alicyclic amines) is 1. The van der Waals surface area contributed by atoms with Gasteiger partial charge in [-0.15, -0.1) is 0 Å². The number of rotatable bonds is 3. The van der Waals surface area contributed by atoms with Crippen molar-refractivity contribution in [2.45, 2.75) is 19.3 Å². The van der Waals surface area contributed by atoms with Gasteiger partial charge in [-0.1, -0.05) is 59.6 Å². The quantitative estimate of drug-likeness (QED) is 0.803. The molecular weight excluding hydrogens is 356 g/mol. The summed E-state index contributed by atoms with van der Waals surface area (Å²) in [5, 5.41) is 3.66. The van der Waals surface area contributed by atoms with Gasteiger partial charge in [0.25, 0.3) is 0 Å². The van der Waals surface area contributed by atoms with Crippen LogP contribution in [0.5, 0.6) is 0 Å². The highest BCUT2D eigenvalue weighted by Crippen LogP contribution is 2.43. The molecule has 0 spiro atoms. The lowest BCUT2D eigenvalue weighted by atomic mass is 9.70. The van der Waals surface area contributed by atoms with Gasteiger partial charge < -0.3 is 10.2 Å². The normalized spacial score (nSPS) is 23.0. The molecule has 1 N–H and O–H groups in total. The number of carbonyl (C=O) groups excluding carboxylic acids is 1. The molecule has 27 heavy (non-hydrogen) atoms. The summed E-state index contributed by atoms with van der Waals surface area (Å²) in [4.78, 5) is 15.5. The van der Waals surface area contributed by atoms with Crippen LogP contribution < -0.4 is 5.32 Å². The highest BCUT2D eigenvalue weighted by Gasteiger charge is 2.38. The molecular formula is C23H25ClN2O. The molecule has 0 radical (unpaired) electrons. The van der Waals surface area contributed by atoms with Gasteiger partial charge in [0, 0.05) is 24.9 Å². The van der Waals surface area contributed by atoms with E-state index >= 15 is 0 Å². The number of allylic oxidation sites excluding steroid dienone is 1. The van der Waals surface area contributed by atoms with Gasteiger partial charge in [-0.25, -0.2) is 0 Å². The number of benzene rings is 2. The smallest absolute Gasteiger partial charge is 0.228 e. The Morgan fingerprint density at radius 3 is 2.59 bits per heavy atom. The van der Waals surface area contributed by atoms with Crippen molar-refractivity contribution in [2.24, 2.45) is 11.8 Å². The van der Waals surface area contributed by atoms with Crippen LogP contribution in [-0.4, -0.2) is 30.9 Å². The van der Waals surface area contributed by atoms with Gasteiger partial charge in [0.05, 0.1) is 10.7 Å². The fraction of sp³-hybridized carbons (Fsp3) is 0.348. The topological polar surface area (TPSA) is 32.3 Å². The van der Waals surface area contributed by atoms with E-state index in [1.807, 2.05) is 24.3 Å². The van der Waals surface area contributed by atoms with E-state index in [1.54, 1.807) is 0 Å². The molecule has 1 heterocycles. The molecule has 2 atom stereocenters. The van der Waals surface area contributed by atoms with Crippen LogP contribution in [-0.2, 0) is 4.79 Å². The molecule has 0 bridgehead atoms. The maximum Gasteiger partial charge on any atom is 0.228 e. The molecule has 1 unspecified atom stereocenters. The molecule has 3 nitrogen and oxygen atoms in total. The van der Waals surface area contributed by atoms with Crippen molar-refractivity contribution >= 4 is 28.8 Å². The SMILES string of the molecule is CN1CCC2=C(c3ccccc3)CC[C@@H](C(=O)Nc3ccccc3Cl)C2C1. The molecule has 1 aliphatic carbocycles. The zero-order chi connectivity index (χ0) is 18.8. The van der Waals surface area contributed by atoms with Gasteiger partial charge in [0.1, 0.15) is 0 Å². The second kappa shape index (κ2) is 7.87. The Bertz CT molecular complexity index is 862. The third-order valence-corrected chi connectivity index (χ3v) is 6.22. The molecule has 140 valence electrons. The lowest BCUT2D eigenvalue weighted by molar-refractivity contribution is -0.121. The van der Waals surface area contributed by atoms with Crippen LogP contribution >= 0.6 is 11.6 Å². The van der Waals surface area contributed by atoms with Crippen LogP contribution in [0.1, 0.15) is 24.8 Å². The number of piperidine rings is 1. The summed E-state index contributed by atoms with van der Waals surface area (Å²) in [6, 6.07) is 18.1. The van der Waals surface area contributed by atoms with Gasteiger partial charge in [0.2, 0.25) is 5.91 Å². The Balaban J connectivity index is 1.63. The molecule has 2 aromatic rings. The number of hydrogen-bond donors (Lipinski definition) is 1. The van der Waals surface area contributed by atoms with Crippen molar-refractivity contribution < 1.29 is 4.79 Å². The second-order valence-corrected chi connectivity index (χ2v) is 8.01. The van der Waals surface area contributed by atoms with Crippen LogP contribution in [0.3, 0.4) is 0 Å². The van der Waals surface area contributed by atoms with E-state index in [0.29, 0.717) is 10.7 Å². The minimum absolute atomic E-state index is 0.00788. The standard InChI is InChI=1S/C23H25ClN2O/c1-26-14-13-18-17(16-7-3-2-4-8-16)11-12-19(20(18)15-26)23(27)25-22-10-6-5-9-21(22)24/h2-10,19-20H,11-15H2,1H3,(H,25,27)/t19-,20?/m1/s1. The summed E-state index contributed by atoms with van der Waals surface area (Å²) in [6.07, 6.45) is 2.88. The van der Waals surface area contributed by atoms with E-state index < -0.39 is 0 Å². The lowest BCUT2D eigenvalue weighted by Gasteiger charge is -2.41. The van der Waals surface area contributed by atoms with E-state index in [2.05, 4.69) is 47.6 Å². The molecule has 1 saturated heterocycles. The summed E-state index contributed by atoms with van der Waals surface area (Å²) in [6.45, 7) is 1.99. The van der Waals surface area contributed by atoms with Crippen LogP contribution in [0.4, 0.5) is 5.69 Å². The maximum atomic E-state index is 13.1. The Hall–Kier alpha value is -2.10. The fourth-order valence-corrected chi connectivity index (χ4v) is 4.69. The molecule has 1 fully saturated rings. The summed E-state index contributed by atoms with van der Waals surface area (Å²) >= 11 is 6.24. The van der Waals surface area contributed by atoms with E-state index in [9.17, 15) is 4.79 Å². The van der Waals surface area contributed by atoms with Crippen LogP contribution in [0.25, 0.3) is 5.57 Å². The van der Waals surface area contributed by atoms with E-state index in [-0.39, 0.29) is 17.7 Å². The summed E-state index contributed by atoms with van der Waals surface area (Å²) in [7, 11) is 2.15.